The van der Waals surface area contributed by atoms with Gasteiger partial charge in [-0.05, 0) is 44.2 Å². The number of rotatable bonds is 6. The van der Waals surface area contributed by atoms with Crippen molar-refractivity contribution in [3.8, 4) is 0 Å². The summed E-state index contributed by atoms with van der Waals surface area (Å²) in [4.78, 5) is 10.4. The van der Waals surface area contributed by atoms with Gasteiger partial charge < -0.3 is 9.64 Å². The molecule has 6 rings (SSSR count). The van der Waals surface area contributed by atoms with Crippen molar-refractivity contribution in [2.45, 2.75) is 57.2 Å². The summed E-state index contributed by atoms with van der Waals surface area (Å²) in [7, 11) is -3.20. The van der Waals surface area contributed by atoms with Crippen LogP contribution in [0.2, 0.25) is 10.0 Å². The minimum Gasteiger partial charge on any atom is -0.367 e. The van der Waals surface area contributed by atoms with Crippen molar-refractivity contribution >= 4 is 39.0 Å². The molecule has 218 valence electrons. The van der Waals surface area contributed by atoms with Gasteiger partial charge in [0.1, 0.15) is 6.17 Å². The molecule has 9 nitrogen and oxygen atoms in total. The van der Waals surface area contributed by atoms with Crippen LogP contribution >= 0.6 is 23.2 Å². The van der Waals surface area contributed by atoms with Crippen LogP contribution in [0.15, 0.2) is 18.5 Å². The molecule has 3 aliphatic heterocycles. The zero-order valence-electron chi connectivity index (χ0n) is 22.4. The van der Waals surface area contributed by atoms with Crippen LogP contribution < -0.4 is 15.8 Å². The molecule has 0 radical (unpaired) electrons. The van der Waals surface area contributed by atoms with E-state index in [4.69, 9.17) is 27.9 Å². The number of aromatic nitrogens is 2. The number of nitrogens with one attached hydrogen (secondary N) is 2. The summed E-state index contributed by atoms with van der Waals surface area (Å²) < 4.78 is 61.5. The number of hydrogen-bond acceptors (Lipinski definition) is 8. The summed E-state index contributed by atoms with van der Waals surface area (Å²) in [6.45, 7) is 5.62. The number of halogens is 4. The van der Waals surface area contributed by atoms with Crippen LogP contribution in [0, 0.1) is 24.1 Å². The highest BCUT2D eigenvalue weighted by Gasteiger charge is 2.55. The standard InChI is InChI=1S/C26H32Cl2F2N6O3S/c1-13-23(28)22(17(27)8-31-13)14(2)39-21-5-16-20(6-18(21)29)33-34-24(16)15-4-19(30)25(32-7-15)35-9-26(10-35)11-36(12-26)40(3,37)38/h4,7-8,14,16,18,20-21,24,33-34H,5-6,9-12H2,1-3H3/t14-,16?,18?,20?,21?,24?/m1/s1. The Labute approximate surface area is 242 Å². The lowest BCUT2D eigenvalue weighted by Gasteiger charge is -2.59. The minimum atomic E-state index is -3.20. The van der Waals surface area contributed by atoms with Gasteiger partial charge in [0.2, 0.25) is 10.0 Å². The monoisotopic (exact) mass is 616 g/mol. The summed E-state index contributed by atoms with van der Waals surface area (Å²) in [6, 6.07) is 1.07. The number of anilines is 1. The van der Waals surface area contributed by atoms with Crippen molar-refractivity contribution in [2.24, 2.45) is 11.3 Å². The molecule has 0 aromatic carbocycles. The molecule has 0 amide bonds. The third-order valence-electron chi connectivity index (χ3n) is 8.77. The third-order valence-corrected chi connectivity index (χ3v) is 10.7. The fraction of sp³-hybridized carbons (Fsp3) is 0.615. The first-order chi connectivity index (χ1) is 18.8. The zero-order chi connectivity index (χ0) is 28.6. The molecular weight excluding hydrogens is 585 g/mol. The van der Waals surface area contributed by atoms with Crippen LogP contribution in [0.3, 0.4) is 0 Å². The van der Waals surface area contributed by atoms with E-state index in [1.54, 1.807) is 20.0 Å². The first-order valence-corrected chi connectivity index (χ1v) is 15.9. The predicted octanol–water partition coefficient (Wildman–Crippen LogP) is 3.72. The van der Waals surface area contributed by atoms with Crippen molar-refractivity contribution in [1.82, 2.24) is 25.1 Å². The average Bonchev–Trinajstić information content (AvgIpc) is 3.22. The van der Waals surface area contributed by atoms with Crippen LogP contribution in [-0.2, 0) is 14.8 Å². The van der Waals surface area contributed by atoms with E-state index in [1.165, 1.54) is 22.8 Å². The number of aryl methyl sites for hydroxylation is 1. The Hall–Kier alpha value is -1.67. The average molecular weight is 618 g/mol. The summed E-state index contributed by atoms with van der Waals surface area (Å²) >= 11 is 12.8. The molecule has 3 saturated heterocycles. The molecule has 1 aliphatic carbocycles. The number of nitrogens with zero attached hydrogens (tertiary/aromatic N) is 4. The Morgan fingerprint density at radius 2 is 1.88 bits per heavy atom. The van der Waals surface area contributed by atoms with E-state index in [0.717, 1.165) is 0 Å². The fourth-order valence-electron chi connectivity index (χ4n) is 6.64. The summed E-state index contributed by atoms with van der Waals surface area (Å²) in [6.07, 6.45) is 2.61. The van der Waals surface area contributed by atoms with Crippen LogP contribution in [-0.4, -0.2) is 73.4 Å². The highest BCUT2D eigenvalue weighted by molar-refractivity contribution is 7.88. The van der Waals surface area contributed by atoms with Gasteiger partial charge in [0.15, 0.2) is 11.6 Å². The number of alkyl halides is 1. The molecular formula is C26H32Cl2F2N6O3S. The van der Waals surface area contributed by atoms with Gasteiger partial charge >= 0.3 is 0 Å². The van der Waals surface area contributed by atoms with E-state index in [-0.39, 0.29) is 35.7 Å². The number of fused-ring (bicyclic) bond motifs is 1. The first-order valence-electron chi connectivity index (χ1n) is 13.3. The van der Waals surface area contributed by atoms with Crippen molar-refractivity contribution in [3.63, 3.8) is 0 Å². The number of sulfonamides is 1. The van der Waals surface area contributed by atoms with Gasteiger partial charge in [-0.25, -0.2) is 31.9 Å². The molecule has 2 aromatic heterocycles. The molecule has 6 atom stereocenters. The van der Waals surface area contributed by atoms with Crippen LogP contribution in [0.25, 0.3) is 0 Å². The van der Waals surface area contributed by atoms with E-state index in [1.807, 2.05) is 4.90 Å². The molecule has 4 aliphatic rings. The molecule has 5 unspecified atom stereocenters. The fourth-order valence-corrected chi connectivity index (χ4v) is 8.31. The Morgan fingerprint density at radius 3 is 2.55 bits per heavy atom. The van der Waals surface area contributed by atoms with Gasteiger partial charge in [-0.15, -0.1) is 0 Å². The van der Waals surface area contributed by atoms with Crippen LogP contribution in [0.4, 0.5) is 14.6 Å². The zero-order valence-corrected chi connectivity index (χ0v) is 24.7. The van der Waals surface area contributed by atoms with E-state index >= 15 is 8.78 Å². The molecule has 4 fully saturated rings. The Bertz CT molecular complexity index is 1420. The second kappa shape index (κ2) is 10.3. The van der Waals surface area contributed by atoms with Crippen molar-refractivity contribution in [3.05, 3.63) is 51.1 Å². The number of hydrogen-bond donors (Lipinski definition) is 2. The minimum absolute atomic E-state index is 0.0504. The number of hydrazine groups is 1. The van der Waals surface area contributed by atoms with Crippen molar-refractivity contribution in [1.29, 1.82) is 0 Å². The molecule has 1 saturated carbocycles. The van der Waals surface area contributed by atoms with E-state index in [0.29, 0.717) is 59.5 Å². The van der Waals surface area contributed by atoms with Gasteiger partial charge in [0.25, 0.3) is 0 Å². The maximum Gasteiger partial charge on any atom is 0.211 e. The van der Waals surface area contributed by atoms with Gasteiger partial charge in [-0.2, -0.15) is 0 Å². The maximum absolute atomic E-state index is 15.3. The van der Waals surface area contributed by atoms with Crippen LogP contribution in [0.5, 0.6) is 0 Å². The molecule has 2 aromatic rings. The van der Waals surface area contributed by atoms with Gasteiger partial charge in [0.05, 0.1) is 40.2 Å². The van der Waals surface area contributed by atoms with Gasteiger partial charge in [-0.1, -0.05) is 23.2 Å². The highest BCUT2D eigenvalue weighted by atomic mass is 35.5. The maximum atomic E-state index is 15.3. The number of ether oxygens (including phenoxy) is 1. The van der Waals surface area contributed by atoms with Crippen molar-refractivity contribution in [2.75, 3.05) is 37.3 Å². The summed E-state index contributed by atoms with van der Waals surface area (Å²) in [5, 5.41) is 0.778. The quantitative estimate of drug-likeness (QED) is 0.507. The largest absolute Gasteiger partial charge is 0.367 e. The predicted molar refractivity (Wildman–Crippen MR) is 148 cm³/mol. The normalized spacial score (nSPS) is 30.6. The molecule has 0 bridgehead atoms. The first kappa shape index (κ1) is 28.4. The van der Waals surface area contributed by atoms with Gasteiger partial charge in [-0.3, -0.25) is 10.4 Å². The summed E-state index contributed by atoms with van der Waals surface area (Å²) in [5.41, 5.74) is 8.15. The Balaban J connectivity index is 1.12. The van der Waals surface area contributed by atoms with Gasteiger partial charge in [0, 0.05) is 55.6 Å². The molecule has 1 spiro atoms. The van der Waals surface area contributed by atoms with Crippen LogP contribution in [0.1, 0.15) is 48.7 Å². The smallest absolute Gasteiger partial charge is 0.211 e. The lowest BCUT2D eigenvalue weighted by atomic mass is 9.74. The third kappa shape index (κ3) is 4.99. The Kier molecular flexibility index (Phi) is 7.29. The SMILES string of the molecule is Cc1ncc(Cl)c([C@@H](C)OC2CC3C(CC2F)NNC3c2cnc(N3CC4(C3)CN(S(C)(=O)=O)C4)c(F)c2)c1Cl. The number of pyridine rings is 2. The van der Waals surface area contributed by atoms with E-state index < -0.39 is 34.2 Å². The molecule has 40 heavy (non-hydrogen) atoms. The molecule has 2 N–H and O–H groups in total. The van der Waals surface area contributed by atoms with Crippen molar-refractivity contribution < 1.29 is 21.9 Å². The second-order valence-electron chi connectivity index (χ2n) is 11.7. The summed E-state index contributed by atoms with van der Waals surface area (Å²) in [5.74, 6) is -0.223. The Morgan fingerprint density at radius 1 is 1.15 bits per heavy atom. The molecule has 14 heteroatoms. The lowest BCUT2D eigenvalue weighted by Crippen LogP contribution is -2.73. The van der Waals surface area contributed by atoms with E-state index in [9.17, 15) is 8.42 Å². The molecule has 5 heterocycles. The second-order valence-corrected chi connectivity index (χ2v) is 14.5. The topological polar surface area (TPSA) is 99.7 Å². The highest BCUT2D eigenvalue weighted by Crippen LogP contribution is 2.45. The lowest BCUT2D eigenvalue weighted by molar-refractivity contribution is -0.0783. The van der Waals surface area contributed by atoms with E-state index in [2.05, 4.69) is 20.8 Å².